The zero-order valence-electron chi connectivity index (χ0n) is 10.5. The molecule has 0 heterocycles. The van der Waals surface area contributed by atoms with Crippen LogP contribution in [-0.2, 0) is 4.79 Å². The van der Waals surface area contributed by atoms with Crippen LogP contribution in [0.3, 0.4) is 0 Å². The van der Waals surface area contributed by atoms with Crippen LogP contribution in [0.5, 0.6) is 0 Å². The van der Waals surface area contributed by atoms with Crippen LogP contribution in [0, 0.1) is 0 Å². The highest BCUT2D eigenvalue weighted by molar-refractivity contribution is 8.00. The van der Waals surface area contributed by atoms with Gasteiger partial charge in [-0.25, -0.2) is 0 Å². The summed E-state index contributed by atoms with van der Waals surface area (Å²) in [5, 5.41) is 2.97. The highest BCUT2D eigenvalue weighted by Gasteiger charge is 2.19. The van der Waals surface area contributed by atoms with Crippen LogP contribution in [0.2, 0.25) is 0 Å². The van der Waals surface area contributed by atoms with Crippen molar-refractivity contribution in [3.63, 3.8) is 0 Å². The first-order chi connectivity index (χ1) is 6.72. The van der Waals surface area contributed by atoms with Crippen molar-refractivity contribution in [3.05, 3.63) is 0 Å². The van der Waals surface area contributed by atoms with E-state index in [1.54, 1.807) is 11.8 Å². The monoisotopic (exact) mass is 232 g/mol. The maximum atomic E-state index is 11.7. The molecule has 0 aliphatic carbocycles. The fraction of sp³-hybridized carbons (Fsp3) is 0.909. The molecule has 1 amide bonds. The van der Waals surface area contributed by atoms with Crippen LogP contribution in [0.4, 0.5) is 0 Å². The van der Waals surface area contributed by atoms with Gasteiger partial charge in [0.05, 0.1) is 5.25 Å². The minimum Gasteiger partial charge on any atom is -0.351 e. The molecule has 3 N–H and O–H groups in total. The fourth-order valence-corrected chi connectivity index (χ4v) is 2.05. The normalized spacial score (nSPS) is 15.9. The largest absolute Gasteiger partial charge is 0.351 e. The molecule has 2 atom stereocenters. The average molecular weight is 232 g/mol. The van der Waals surface area contributed by atoms with Gasteiger partial charge >= 0.3 is 0 Å². The lowest BCUT2D eigenvalue weighted by atomic mass is 10.1. The van der Waals surface area contributed by atoms with Crippen molar-refractivity contribution in [2.45, 2.75) is 57.9 Å². The SMILES string of the molecule is CC(N)CCSC(C)C(=O)NC(C)(C)C. The third kappa shape index (κ3) is 8.75. The van der Waals surface area contributed by atoms with Gasteiger partial charge in [0.15, 0.2) is 0 Å². The van der Waals surface area contributed by atoms with E-state index in [0.29, 0.717) is 0 Å². The van der Waals surface area contributed by atoms with Gasteiger partial charge in [-0.15, -0.1) is 11.8 Å². The van der Waals surface area contributed by atoms with Crippen molar-refractivity contribution in [1.82, 2.24) is 5.32 Å². The first kappa shape index (κ1) is 14.8. The Hall–Kier alpha value is -0.220. The van der Waals surface area contributed by atoms with Crippen LogP contribution in [0.15, 0.2) is 0 Å². The molecule has 0 radical (unpaired) electrons. The zero-order valence-corrected chi connectivity index (χ0v) is 11.3. The third-order valence-electron chi connectivity index (χ3n) is 1.81. The standard InChI is InChI=1S/C11H24N2OS/c1-8(12)6-7-15-9(2)10(14)13-11(3,4)5/h8-9H,6-7,12H2,1-5H3,(H,13,14). The summed E-state index contributed by atoms with van der Waals surface area (Å²) in [6.45, 7) is 9.89. The number of hydrogen-bond donors (Lipinski definition) is 2. The molecule has 3 nitrogen and oxygen atoms in total. The van der Waals surface area contributed by atoms with Gasteiger partial charge in [-0.1, -0.05) is 0 Å². The lowest BCUT2D eigenvalue weighted by Gasteiger charge is -2.23. The number of carbonyl (C=O) groups excluding carboxylic acids is 1. The van der Waals surface area contributed by atoms with Gasteiger partial charge in [-0.05, 0) is 46.8 Å². The molecule has 0 aliphatic rings. The van der Waals surface area contributed by atoms with Gasteiger partial charge in [0, 0.05) is 11.6 Å². The summed E-state index contributed by atoms with van der Waals surface area (Å²) in [6, 6.07) is 0.218. The van der Waals surface area contributed by atoms with Crippen LogP contribution >= 0.6 is 11.8 Å². The minimum absolute atomic E-state index is 0.00275. The Morgan fingerprint density at radius 3 is 2.33 bits per heavy atom. The van der Waals surface area contributed by atoms with Crippen molar-refractivity contribution >= 4 is 17.7 Å². The van der Waals surface area contributed by atoms with Crippen LogP contribution in [0.1, 0.15) is 41.0 Å². The molecule has 0 saturated carbocycles. The molecule has 90 valence electrons. The van der Waals surface area contributed by atoms with E-state index in [4.69, 9.17) is 5.73 Å². The van der Waals surface area contributed by atoms with Crippen molar-refractivity contribution in [2.24, 2.45) is 5.73 Å². The highest BCUT2D eigenvalue weighted by atomic mass is 32.2. The molecule has 0 aromatic carbocycles. The van der Waals surface area contributed by atoms with Gasteiger partial charge in [0.2, 0.25) is 5.91 Å². The van der Waals surface area contributed by atoms with Gasteiger partial charge in [-0.2, -0.15) is 0 Å². The predicted octanol–water partition coefficient (Wildman–Crippen LogP) is 1.76. The van der Waals surface area contributed by atoms with E-state index in [1.165, 1.54) is 0 Å². The van der Waals surface area contributed by atoms with Gasteiger partial charge in [-0.3, -0.25) is 4.79 Å². The van der Waals surface area contributed by atoms with E-state index < -0.39 is 0 Å². The first-order valence-corrected chi connectivity index (χ1v) is 6.46. The molecule has 15 heavy (non-hydrogen) atoms. The molecule has 0 aromatic heterocycles. The van der Waals surface area contributed by atoms with E-state index >= 15 is 0 Å². The van der Waals surface area contributed by atoms with Crippen LogP contribution in [0.25, 0.3) is 0 Å². The lowest BCUT2D eigenvalue weighted by Crippen LogP contribution is -2.44. The molecule has 2 unspecified atom stereocenters. The number of nitrogens with two attached hydrogens (primary N) is 1. The Kier molecular flexibility index (Phi) is 6.29. The van der Waals surface area contributed by atoms with E-state index in [2.05, 4.69) is 5.32 Å². The quantitative estimate of drug-likeness (QED) is 0.759. The molecular weight excluding hydrogens is 208 g/mol. The van der Waals surface area contributed by atoms with Crippen molar-refractivity contribution < 1.29 is 4.79 Å². The minimum atomic E-state index is -0.146. The van der Waals surface area contributed by atoms with E-state index in [-0.39, 0.29) is 22.7 Å². The number of thioether (sulfide) groups is 1. The lowest BCUT2D eigenvalue weighted by molar-refractivity contribution is -0.121. The van der Waals surface area contributed by atoms with Crippen molar-refractivity contribution in [1.29, 1.82) is 0 Å². The highest BCUT2D eigenvalue weighted by Crippen LogP contribution is 2.13. The van der Waals surface area contributed by atoms with Gasteiger partial charge in [0.25, 0.3) is 0 Å². The number of amides is 1. The summed E-state index contributed by atoms with van der Waals surface area (Å²) < 4.78 is 0. The zero-order chi connectivity index (χ0) is 12.1. The van der Waals surface area contributed by atoms with Gasteiger partial charge in [0.1, 0.15) is 0 Å². The molecule has 4 heteroatoms. The second-order valence-corrected chi connectivity index (χ2v) is 6.47. The van der Waals surface area contributed by atoms with E-state index in [0.717, 1.165) is 12.2 Å². The van der Waals surface area contributed by atoms with Crippen molar-refractivity contribution in [3.8, 4) is 0 Å². The van der Waals surface area contributed by atoms with Gasteiger partial charge < -0.3 is 11.1 Å². The molecule has 0 fully saturated rings. The first-order valence-electron chi connectivity index (χ1n) is 5.41. The average Bonchev–Trinajstić information content (AvgIpc) is 1.99. The number of rotatable bonds is 5. The van der Waals surface area contributed by atoms with E-state index in [9.17, 15) is 4.79 Å². The van der Waals surface area contributed by atoms with Crippen LogP contribution in [-0.4, -0.2) is 28.5 Å². The number of nitrogens with one attached hydrogen (secondary N) is 1. The Balaban J connectivity index is 3.80. The molecular formula is C11H24N2OS. The summed E-state index contributed by atoms with van der Waals surface area (Å²) in [5.41, 5.74) is 5.50. The molecule has 0 bridgehead atoms. The number of carbonyl (C=O) groups is 1. The summed E-state index contributed by atoms with van der Waals surface area (Å²) in [4.78, 5) is 11.7. The Labute approximate surface area is 97.6 Å². The molecule has 0 saturated heterocycles. The smallest absolute Gasteiger partial charge is 0.233 e. The molecule has 0 aliphatic heterocycles. The fourth-order valence-electron chi connectivity index (χ4n) is 0.978. The third-order valence-corrected chi connectivity index (χ3v) is 2.99. The maximum Gasteiger partial charge on any atom is 0.233 e. The Morgan fingerprint density at radius 1 is 1.40 bits per heavy atom. The predicted molar refractivity (Wildman–Crippen MR) is 68.1 cm³/mol. The number of hydrogen-bond acceptors (Lipinski definition) is 3. The topological polar surface area (TPSA) is 55.1 Å². The molecule has 0 aromatic rings. The van der Waals surface area contributed by atoms with Crippen LogP contribution < -0.4 is 11.1 Å². The summed E-state index contributed by atoms with van der Waals surface area (Å²) in [7, 11) is 0. The Bertz CT molecular complexity index is 199. The maximum absolute atomic E-state index is 11.7. The summed E-state index contributed by atoms with van der Waals surface area (Å²) in [5.74, 6) is 1.05. The summed E-state index contributed by atoms with van der Waals surface area (Å²) >= 11 is 1.66. The van der Waals surface area contributed by atoms with E-state index in [1.807, 2.05) is 34.6 Å². The summed E-state index contributed by atoms with van der Waals surface area (Å²) in [6.07, 6.45) is 0.956. The van der Waals surface area contributed by atoms with Crippen molar-refractivity contribution in [2.75, 3.05) is 5.75 Å². The second-order valence-electron chi connectivity index (χ2n) is 5.02. The second kappa shape index (κ2) is 6.38. The Morgan fingerprint density at radius 2 is 1.93 bits per heavy atom. The molecule has 0 rings (SSSR count). The molecule has 0 spiro atoms.